The highest BCUT2D eigenvalue weighted by atomic mass is 32.2. The van der Waals surface area contributed by atoms with Crippen molar-refractivity contribution >= 4 is 91.7 Å². The first-order valence-corrected chi connectivity index (χ1v) is 26.3. The summed E-state index contributed by atoms with van der Waals surface area (Å²) in [5.41, 5.74) is 8.27. The number of aliphatic hydroxyl groups is 1. The predicted molar refractivity (Wildman–Crippen MR) is 286 cm³/mol. The highest BCUT2D eigenvalue weighted by Gasteiger charge is 2.31. The Bertz CT molecular complexity index is 4510. The van der Waals surface area contributed by atoms with Gasteiger partial charge in [-0.3, -0.25) is 9.36 Å². The average molecular weight is 1030 g/mol. The molecule has 8 heterocycles. The van der Waals surface area contributed by atoms with Crippen LogP contribution in [0.15, 0.2) is 144 Å². The number of carbonyl (C=O) groups excluding carboxylic acids is 1. The lowest BCUT2D eigenvalue weighted by molar-refractivity contribution is 0.0600. The number of pyridine rings is 2. The molecule has 0 aliphatic heterocycles. The van der Waals surface area contributed by atoms with Crippen LogP contribution in [0.4, 0.5) is 0 Å². The topological polar surface area (TPSA) is 196 Å². The van der Waals surface area contributed by atoms with Crippen molar-refractivity contribution in [3.8, 4) is 22.5 Å². The second-order valence-corrected chi connectivity index (χ2v) is 22.8. The Morgan fingerprint density at radius 1 is 0.568 bits per heavy atom. The molecule has 8 aromatic heterocycles. The second kappa shape index (κ2) is 17.1. The molecular weight excluding hydrogens is 977 g/mol. The van der Waals surface area contributed by atoms with Crippen LogP contribution in [0.25, 0.3) is 88.2 Å². The van der Waals surface area contributed by atoms with Crippen molar-refractivity contribution in [3.05, 3.63) is 156 Å². The Kier molecular flexibility index (Phi) is 11.1. The lowest BCUT2D eigenvalue weighted by Crippen LogP contribution is -2.15. The number of methoxy groups -OCH3 is 1. The van der Waals surface area contributed by atoms with Gasteiger partial charge in [0.05, 0.1) is 62.9 Å². The van der Waals surface area contributed by atoms with Gasteiger partial charge in [-0.25, -0.2) is 39.5 Å². The van der Waals surface area contributed by atoms with E-state index >= 15 is 0 Å². The Morgan fingerprint density at radius 2 is 1.00 bits per heavy atom. The molecule has 17 nitrogen and oxygen atoms in total. The largest absolute Gasteiger partial charge is 0.465 e. The van der Waals surface area contributed by atoms with Crippen LogP contribution in [-0.2, 0) is 58.6 Å². The van der Waals surface area contributed by atoms with Gasteiger partial charge in [0.2, 0.25) is 0 Å². The fourth-order valence-electron chi connectivity index (χ4n) is 9.89. The van der Waals surface area contributed by atoms with Crippen molar-refractivity contribution in [2.24, 2.45) is 28.2 Å². The molecule has 0 spiro atoms. The van der Waals surface area contributed by atoms with E-state index in [0.717, 1.165) is 65.9 Å². The summed E-state index contributed by atoms with van der Waals surface area (Å²) >= 11 is 0. The molecule has 0 fully saturated rings. The molecule has 0 saturated carbocycles. The van der Waals surface area contributed by atoms with Crippen molar-refractivity contribution < 1.29 is 31.5 Å². The first kappa shape index (κ1) is 47.9. The SMILES string of the molecule is COC(=O)c1ccc2c(c1)c(-c1cc3c4c(cnc3n1S(=O)(=O)c1ccc(C)cc1)cnn4C)cn2C.Cc1ccc(S(=O)(=O)n2c(-c3cn(C)c4ccc(C(C)(C)O)cc34)cc3c4c(cnc32)cnn4C)cc1. The summed E-state index contributed by atoms with van der Waals surface area (Å²) in [6.45, 7) is 7.30. The van der Waals surface area contributed by atoms with E-state index in [4.69, 9.17) is 4.74 Å². The van der Waals surface area contributed by atoms with Crippen LogP contribution in [0, 0.1) is 13.8 Å². The summed E-state index contributed by atoms with van der Waals surface area (Å²) in [6, 6.07) is 28.3. The maximum atomic E-state index is 14.2. The van der Waals surface area contributed by atoms with Gasteiger partial charge in [0, 0.05) is 107 Å². The summed E-state index contributed by atoms with van der Waals surface area (Å²) < 4.78 is 71.6. The number of fused-ring (bicyclic) bond motifs is 8. The van der Waals surface area contributed by atoms with Crippen LogP contribution in [0.2, 0.25) is 0 Å². The van der Waals surface area contributed by atoms with E-state index < -0.39 is 31.6 Å². The third-order valence-electron chi connectivity index (χ3n) is 13.7. The number of ether oxygens (including phenoxy) is 1. The minimum Gasteiger partial charge on any atom is -0.465 e. The summed E-state index contributed by atoms with van der Waals surface area (Å²) in [5, 5.41) is 23.9. The second-order valence-electron chi connectivity index (χ2n) is 19.2. The highest BCUT2D eigenvalue weighted by Crippen LogP contribution is 2.41. The van der Waals surface area contributed by atoms with Gasteiger partial charge in [0.1, 0.15) is 0 Å². The number of rotatable bonds is 8. The number of benzene rings is 4. The summed E-state index contributed by atoms with van der Waals surface area (Å²) in [7, 11) is 0.715. The number of nitrogens with zero attached hydrogens (tertiary/aromatic N) is 10. The molecule has 0 radical (unpaired) electrons. The molecule has 12 rings (SSSR count). The first-order chi connectivity index (χ1) is 35.2. The normalized spacial score (nSPS) is 12.5. The van der Waals surface area contributed by atoms with E-state index in [9.17, 15) is 26.7 Å². The van der Waals surface area contributed by atoms with E-state index in [1.807, 2.05) is 100.0 Å². The van der Waals surface area contributed by atoms with Crippen LogP contribution >= 0.6 is 0 Å². The number of hydrogen-bond donors (Lipinski definition) is 1. The standard InChI is InChI=1S/C28H27N5O3S.C27H23N5O4S/c1-17-6-9-20(10-7-17)37(35,36)33-25(13-22-26-18(14-29-27(22)33)15-30-32(26)5)23-16-31(4)24-11-8-19(12-21(23)24)28(2,3)34;1-16-5-8-19(9-6-16)37(34,35)32-24(12-21-25-18(13-28-26(21)32)14-29-31(25)3)22-15-30(2)23-10-7-17(11-20(22)23)27(33)36-4/h6-16,34H,1-5H3;5-15H,1-4H3. The number of aromatic nitrogens is 10. The van der Waals surface area contributed by atoms with E-state index in [1.165, 1.54) is 15.1 Å². The quantitative estimate of drug-likeness (QED) is 0.143. The minimum atomic E-state index is -4.05. The van der Waals surface area contributed by atoms with Crippen LogP contribution in [0.3, 0.4) is 0 Å². The monoisotopic (exact) mass is 1030 g/mol. The van der Waals surface area contributed by atoms with E-state index in [2.05, 4.69) is 20.2 Å². The molecule has 374 valence electrons. The Labute approximate surface area is 425 Å². The Hall–Kier alpha value is -8.39. The fourth-order valence-corrected chi connectivity index (χ4v) is 12.8. The van der Waals surface area contributed by atoms with Crippen molar-refractivity contribution in [3.63, 3.8) is 0 Å². The number of carbonyl (C=O) groups is 1. The lowest BCUT2D eigenvalue weighted by atomic mass is 9.96. The van der Waals surface area contributed by atoms with Crippen LogP contribution in [0.1, 0.15) is 40.9 Å². The van der Waals surface area contributed by atoms with Crippen LogP contribution in [0.5, 0.6) is 0 Å². The number of hydrogen-bond acceptors (Lipinski definition) is 11. The minimum absolute atomic E-state index is 0.152. The zero-order chi connectivity index (χ0) is 52.3. The van der Waals surface area contributed by atoms with Crippen molar-refractivity contribution in [2.45, 2.75) is 43.1 Å². The molecule has 74 heavy (non-hydrogen) atoms. The smallest absolute Gasteiger partial charge is 0.337 e. The molecule has 0 aliphatic rings. The van der Waals surface area contributed by atoms with Crippen molar-refractivity contribution in [2.75, 3.05) is 7.11 Å². The summed E-state index contributed by atoms with van der Waals surface area (Å²) in [4.78, 5) is 21.8. The van der Waals surface area contributed by atoms with E-state index in [-0.39, 0.29) is 9.79 Å². The number of aryl methyl sites for hydroxylation is 6. The van der Waals surface area contributed by atoms with Crippen LogP contribution in [-0.4, -0.2) is 81.6 Å². The molecule has 1 N–H and O–H groups in total. The van der Waals surface area contributed by atoms with Gasteiger partial charge in [-0.05, 0) is 100.0 Å². The molecule has 0 bridgehead atoms. The third kappa shape index (κ3) is 7.56. The van der Waals surface area contributed by atoms with E-state index in [1.54, 1.807) is 109 Å². The number of esters is 1. The molecule has 0 atom stereocenters. The molecule has 4 aromatic carbocycles. The van der Waals surface area contributed by atoms with E-state index in [0.29, 0.717) is 44.6 Å². The van der Waals surface area contributed by atoms with Crippen molar-refractivity contribution in [1.29, 1.82) is 0 Å². The van der Waals surface area contributed by atoms with Gasteiger partial charge in [-0.2, -0.15) is 10.2 Å². The zero-order valence-electron chi connectivity index (χ0n) is 41.9. The first-order valence-electron chi connectivity index (χ1n) is 23.5. The maximum Gasteiger partial charge on any atom is 0.337 e. The third-order valence-corrected chi connectivity index (χ3v) is 17.2. The maximum absolute atomic E-state index is 14.2. The molecular formula is C55H50N10O7S2. The lowest BCUT2D eigenvalue weighted by Gasteiger charge is -2.18. The molecule has 0 aliphatic carbocycles. The molecule has 0 saturated heterocycles. The van der Waals surface area contributed by atoms with Crippen molar-refractivity contribution in [1.82, 2.24) is 46.6 Å². The average Bonchev–Trinajstić information content (AvgIpc) is 4.24. The van der Waals surface area contributed by atoms with Gasteiger partial charge in [-0.1, -0.05) is 41.5 Å². The summed E-state index contributed by atoms with van der Waals surface area (Å²) in [6.07, 6.45) is 10.5. The molecule has 19 heteroatoms. The van der Waals surface area contributed by atoms with Gasteiger partial charge in [0.15, 0.2) is 11.3 Å². The summed E-state index contributed by atoms with van der Waals surface area (Å²) in [5.74, 6) is -0.470. The van der Waals surface area contributed by atoms with Crippen LogP contribution < -0.4 is 0 Å². The van der Waals surface area contributed by atoms with Gasteiger partial charge >= 0.3 is 5.97 Å². The fraction of sp³-hybridized carbons (Fsp3) is 0.182. The predicted octanol–water partition coefficient (Wildman–Crippen LogP) is 9.27. The van der Waals surface area contributed by atoms with Gasteiger partial charge in [0.25, 0.3) is 20.0 Å². The molecule has 0 unspecified atom stereocenters. The highest BCUT2D eigenvalue weighted by molar-refractivity contribution is 7.90. The Balaban J connectivity index is 0.000000159. The Morgan fingerprint density at radius 3 is 1.43 bits per heavy atom. The molecule has 0 amide bonds. The van der Waals surface area contributed by atoms with Gasteiger partial charge in [-0.15, -0.1) is 0 Å². The zero-order valence-corrected chi connectivity index (χ0v) is 43.5. The molecule has 12 aromatic rings. The van der Waals surface area contributed by atoms with Gasteiger partial charge < -0.3 is 19.0 Å².